The molecule has 0 saturated carbocycles. The van der Waals surface area contributed by atoms with Gasteiger partial charge in [0.25, 0.3) is 0 Å². The van der Waals surface area contributed by atoms with Crippen LogP contribution in [0.5, 0.6) is 0 Å². The van der Waals surface area contributed by atoms with Crippen LogP contribution in [0.3, 0.4) is 0 Å². The lowest BCUT2D eigenvalue weighted by molar-refractivity contribution is 1.24. The van der Waals surface area contributed by atoms with E-state index in [-0.39, 0.29) is 11.2 Å². The summed E-state index contributed by atoms with van der Waals surface area (Å²) in [6, 6.07) is 3.00. The number of diazo groups is 1. The average molecular weight is 122 g/mol. The number of nitrogens with zero attached hydrogens (tertiary/aromatic N) is 2. The highest BCUT2D eigenvalue weighted by atomic mass is 16.1. The molecular weight excluding hydrogens is 118 g/mol. The van der Waals surface area contributed by atoms with E-state index < -0.39 is 0 Å². The Hall–Kier alpha value is -1.63. The van der Waals surface area contributed by atoms with Gasteiger partial charge in [-0.1, -0.05) is 0 Å². The molecule has 1 N–H and O–H groups in total. The first-order valence-electron chi connectivity index (χ1n) is 2.37. The Bertz CT molecular complexity index is 296. The van der Waals surface area contributed by atoms with Crippen LogP contribution in [0.2, 0.25) is 0 Å². The van der Waals surface area contributed by atoms with E-state index in [2.05, 4.69) is 9.96 Å². The molecule has 1 heterocycles. The average Bonchev–Trinajstić information content (AvgIpc) is 1.89. The van der Waals surface area contributed by atoms with E-state index in [1.807, 2.05) is 0 Å². The Balaban J connectivity index is 3.38. The van der Waals surface area contributed by atoms with Crippen LogP contribution in [0.25, 0.3) is 4.98 Å². The molecule has 0 atom stereocenters. The van der Waals surface area contributed by atoms with Crippen LogP contribution in [0, 0.1) is 5.39 Å². The molecule has 0 aliphatic rings. The summed E-state index contributed by atoms with van der Waals surface area (Å²) in [6.45, 7) is 0. The number of nitrogens with one attached hydrogen (secondary N) is 1. The zero-order chi connectivity index (χ0) is 6.69. The number of hydrogen-bond acceptors (Lipinski definition) is 2. The van der Waals surface area contributed by atoms with Gasteiger partial charge in [-0.2, -0.15) is 0 Å². The van der Waals surface area contributed by atoms with Gasteiger partial charge in [0.1, 0.15) is 0 Å². The third-order valence-electron chi connectivity index (χ3n) is 0.905. The first-order valence-corrected chi connectivity index (χ1v) is 2.37. The largest absolute Gasteiger partial charge is 0.449 e. The van der Waals surface area contributed by atoms with Crippen molar-refractivity contribution in [2.45, 2.75) is 0 Å². The molecule has 4 heteroatoms. The van der Waals surface area contributed by atoms with E-state index >= 15 is 0 Å². The molecule has 44 valence electrons. The van der Waals surface area contributed by atoms with Crippen LogP contribution < -0.4 is 5.56 Å². The van der Waals surface area contributed by atoms with E-state index in [0.29, 0.717) is 0 Å². The topological polar surface area (TPSA) is 61.0 Å². The molecule has 4 nitrogen and oxygen atoms in total. The van der Waals surface area contributed by atoms with Gasteiger partial charge in [-0.25, -0.2) is 0 Å². The van der Waals surface area contributed by atoms with Gasteiger partial charge in [0, 0.05) is 12.3 Å². The highest BCUT2D eigenvalue weighted by Gasteiger charge is 2.06. The van der Waals surface area contributed by atoms with Gasteiger partial charge in [0.05, 0.1) is 0 Å². The van der Waals surface area contributed by atoms with E-state index in [1.54, 1.807) is 6.07 Å². The van der Waals surface area contributed by atoms with Crippen LogP contribution in [-0.4, -0.2) is 4.98 Å². The van der Waals surface area contributed by atoms with Crippen LogP contribution in [-0.2, 0) is 0 Å². The van der Waals surface area contributed by atoms with Crippen molar-refractivity contribution in [1.29, 1.82) is 5.39 Å². The van der Waals surface area contributed by atoms with Crippen molar-refractivity contribution in [3.63, 3.8) is 0 Å². The monoisotopic (exact) mass is 122 g/mol. The standard InChI is InChI=1S/C5H3N3O/c6-8-4-2-1-3-7-5(4)9/h1-3H/p+1. The minimum absolute atomic E-state index is 0.0255. The highest BCUT2D eigenvalue weighted by Crippen LogP contribution is 1.98. The summed E-state index contributed by atoms with van der Waals surface area (Å²) < 4.78 is 0. The van der Waals surface area contributed by atoms with Gasteiger partial charge in [-0.05, 0) is 6.07 Å². The fourth-order valence-corrected chi connectivity index (χ4v) is 0.491. The summed E-state index contributed by atoms with van der Waals surface area (Å²) >= 11 is 0. The molecule has 1 aromatic rings. The van der Waals surface area contributed by atoms with Gasteiger partial charge in [-0.3, -0.25) is 4.79 Å². The maximum absolute atomic E-state index is 10.5. The summed E-state index contributed by atoms with van der Waals surface area (Å²) in [4.78, 5) is 15.6. The first kappa shape index (κ1) is 5.51. The maximum Gasteiger partial charge on any atom is 0.449 e. The number of aromatic amines is 1. The predicted octanol–water partition coefficient (Wildman–Crippen LogP) is 0.859. The predicted molar refractivity (Wildman–Crippen MR) is 31.8 cm³/mol. The number of aromatic nitrogens is 1. The van der Waals surface area contributed by atoms with Gasteiger partial charge in [-0.15, -0.1) is 0 Å². The molecule has 0 fully saturated rings. The summed E-state index contributed by atoms with van der Waals surface area (Å²) in [5.41, 5.74) is -0.363. The van der Waals surface area contributed by atoms with Crippen molar-refractivity contribution >= 4 is 5.69 Å². The van der Waals surface area contributed by atoms with Crippen LogP contribution >= 0.6 is 0 Å². The van der Waals surface area contributed by atoms with Crippen LogP contribution in [0.1, 0.15) is 0 Å². The van der Waals surface area contributed by atoms with Crippen molar-refractivity contribution in [1.82, 2.24) is 4.98 Å². The summed E-state index contributed by atoms with van der Waals surface area (Å²) in [5, 5.41) is 8.12. The van der Waals surface area contributed by atoms with E-state index in [9.17, 15) is 4.79 Å². The van der Waals surface area contributed by atoms with Gasteiger partial charge in [0.15, 0.2) is 4.98 Å². The minimum atomic E-state index is -0.389. The van der Waals surface area contributed by atoms with Crippen LogP contribution in [0.4, 0.5) is 5.69 Å². The first-order chi connectivity index (χ1) is 4.34. The molecule has 0 amide bonds. The zero-order valence-electron chi connectivity index (χ0n) is 4.53. The van der Waals surface area contributed by atoms with Crippen molar-refractivity contribution in [2.75, 3.05) is 0 Å². The fourth-order valence-electron chi connectivity index (χ4n) is 0.491. The molecule has 0 aromatic carbocycles. The smallest absolute Gasteiger partial charge is 0.322 e. The molecule has 1 rings (SSSR count). The lowest BCUT2D eigenvalue weighted by Gasteiger charge is -1.72. The molecule has 0 aliphatic carbocycles. The Morgan fingerprint density at radius 2 is 2.44 bits per heavy atom. The molecule has 0 spiro atoms. The van der Waals surface area contributed by atoms with Crippen molar-refractivity contribution in [3.8, 4) is 0 Å². The Kier molecular flexibility index (Phi) is 1.28. The summed E-state index contributed by atoms with van der Waals surface area (Å²) in [6.07, 6.45) is 1.47. The molecule has 0 aliphatic heterocycles. The Morgan fingerprint density at radius 1 is 1.67 bits per heavy atom. The SMILES string of the molecule is N#[N+]c1ccc[nH]c1=O. The maximum atomic E-state index is 10.5. The van der Waals surface area contributed by atoms with E-state index in [1.165, 1.54) is 12.3 Å². The van der Waals surface area contributed by atoms with Gasteiger partial charge < -0.3 is 4.98 Å². The molecule has 0 radical (unpaired) electrons. The molecule has 0 saturated heterocycles. The van der Waals surface area contributed by atoms with Gasteiger partial charge in [0.2, 0.25) is 5.39 Å². The van der Waals surface area contributed by atoms with Crippen molar-refractivity contribution in [2.24, 2.45) is 0 Å². The van der Waals surface area contributed by atoms with E-state index in [0.717, 1.165) is 0 Å². The molecule has 1 aromatic heterocycles. The lowest BCUT2D eigenvalue weighted by Crippen LogP contribution is -2.00. The Morgan fingerprint density at radius 3 is 2.89 bits per heavy atom. The zero-order valence-corrected chi connectivity index (χ0v) is 4.53. The Labute approximate surface area is 50.8 Å². The third kappa shape index (κ3) is 0.941. The second kappa shape index (κ2) is 2.09. The van der Waals surface area contributed by atoms with Gasteiger partial charge >= 0.3 is 11.2 Å². The fraction of sp³-hybridized carbons (Fsp3) is 0. The van der Waals surface area contributed by atoms with Crippen molar-refractivity contribution in [3.05, 3.63) is 33.7 Å². The normalized spacial score (nSPS) is 8.33. The quantitative estimate of drug-likeness (QED) is 0.518. The minimum Gasteiger partial charge on any atom is -0.322 e. The number of hydrogen-bond donors (Lipinski definition) is 1. The summed E-state index contributed by atoms with van der Waals surface area (Å²) in [5.74, 6) is 0. The third-order valence-corrected chi connectivity index (χ3v) is 0.905. The van der Waals surface area contributed by atoms with Crippen LogP contribution in [0.15, 0.2) is 23.1 Å². The number of H-pyrrole nitrogens is 1. The molecular formula is C5H4N3O+. The van der Waals surface area contributed by atoms with E-state index in [4.69, 9.17) is 5.39 Å². The molecule has 9 heavy (non-hydrogen) atoms. The lowest BCUT2D eigenvalue weighted by atomic mass is 10.4. The highest BCUT2D eigenvalue weighted by molar-refractivity contribution is 5.39. The number of pyridine rings is 1. The second-order valence-corrected chi connectivity index (χ2v) is 1.48. The summed E-state index contributed by atoms with van der Waals surface area (Å²) in [7, 11) is 0. The number of rotatable bonds is 0. The molecule has 0 unspecified atom stereocenters. The molecule has 0 bridgehead atoms. The second-order valence-electron chi connectivity index (χ2n) is 1.48. The van der Waals surface area contributed by atoms with Crippen molar-refractivity contribution < 1.29 is 0 Å².